The van der Waals surface area contributed by atoms with E-state index in [-0.39, 0.29) is 12.0 Å². The largest absolute Gasteiger partial charge is 0.497 e. The van der Waals surface area contributed by atoms with Crippen molar-refractivity contribution in [1.29, 1.82) is 0 Å². The number of ether oxygens (including phenoxy) is 2. The number of benzene rings is 3. The summed E-state index contributed by atoms with van der Waals surface area (Å²) in [6.45, 7) is 4.68. The predicted molar refractivity (Wildman–Crippen MR) is 147 cm³/mol. The second-order valence-electron chi connectivity index (χ2n) is 9.26. The molecule has 1 fully saturated rings. The number of hydrogen-bond donors (Lipinski definition) is 1. The highest BCUT2D eigenvalue weighted by molar-refractivity contribution is 7.99. The van der Waals surface area contributed by atoms with Crippen LogP contribution in [0.25, 0.3) is 11.5 Å². The summed E-state index contributed by atoms with van der Waals surface area (Å²) >= 11 is 1.64. The average molecular weight is 531 g/mol. The molecule has 0 aliphatic carbocycles. The van der Waals surface area contributed by atoms with Crippen molar-refractivity contribution in [2.45, 2.75) is 38.4 Å². The van der Waals surface area contributed by atoms with Gasteiger partial charge >= 0.3 is 5.97 Å². The average Bonchev–Trinajstić information content (AvgIpc) is 3.51. The molecule has 2 heterocycles. The Hall–Kier alpha value is -3.75. The summed E-state index contributed by atoms with van der Waals surface area (Å²) in [5.41, 5.74) is 4.84. The zero-order valence-corrected chi connectivity index (χ0v) is 22.4. The molecule has 2 atom stereocenters. The highest BCUT2D eigenvalue weighted by atomic mass is 32.2. The topological polar surface area (TPSA) is 85.0 Å². The van der Waals surface area contributed by atoms with Gasteiger partial charge in [-0.25, -0.2) is 4.98 Å². The monoisotopic (exact) mass is 530 g/mol. The number of thioether (sulfide) groups is 1. The fraction of sp³-hybridized carbons (Fsp3) is 0.267. The van der Waals surface area contributed by atoms with Gasteiger partial charge < -0.3 is 19.0 Å². The van der Waals surface area contributed by atoms with Crippen molar-refractivity contribution < 1.29 is 23.8 Å². The predicted octanol–water partition coefficient (Wildman–Crippen LogP) is 6.25. The fourth-order valence-corrected chi connectivity index (χ4v) is 6.05. The minimum absolute atomic E-state index is 0.0655. The third-order valence-corrected chi connectivity index (χ3v) is 8.07. The highest BCUT2D eigenvalue weighted by Crippen LogP contribution is 2.43. The van der Waals surface area contributed by atoms with E-state index < -0.39 is 12.0 Å². The van der Waals surface area contributed by atoms with E-state index in [4.69, 9.17) is 13.9 Å². The van der Waals surface area contributed by atoms with Crippen LogP contribution >= 0.6 is 11.8 Å². The number of rotatable bonds is 9. The number of nitrogens with zero attached hydrogens (tertiary/aromatic N) is 2. The SMILES string of the molecule is COc1ccc([C@H]2SCC(C(=O)O)N2Cc2cccc(OCc3nc(-c4ccccc4C)oc3C)c2)cc1. The van der Waals surface area contributed by atoms with Crippen LogP contribution in [0, 0.1) is 13.8 Å². The van der Waals surface area contributed by atoms with E-state index >= 15 is 0 Å². The first-order chi connectivity index (χ1) is 18.4. The number of aromatic nitrogens is 1. The lowest BCUT2D eigenvalue weighted by atomic mass is 10.1. The Balaban J connectivity index is 1.30. The van der Waals surface area contributed by atoms with Crippen LogP contribution in [-0.4, -0.2) is 39.9 Å². The summed E-state index contributed by atoms with van der Waals surface area (Å²) < 4.78 is 17.3. The van der Waals surface area contributed by atoms with E-state index in [1.54, 1.807) is 18.9 Å². The number of carboxylic acids is 1. The summed E-state index contributed by atoms with van der Waals surface area (Å²) in [4.78, 5) is 18.7. The molecule has 7 nitrogen and oxygen atoms in total. The van der Waals surface area contributed by atoms with Crippen LogP contribution in [0.3, 0.4) is 0 Å². The summed E-state index contributed by atoms with van der Waals surface area (Å²) in [7, 11) is 1.63. The summed E-state index contributed by atoms with van der Waals surface area (Å²) in [6.07, 6.45) is 0. The first-order valence-corrected chi connectivity index (χ1v) is 13.5. The second-order valence-corrected chi connectivity index (χ2v) is 10.4. The Morgan fingerprint density at radius 2 is 1.87 bits per heavy atom. The molecule has 0 bridgehead atoms. The molecule has 1 aliphatic rings. The molecule has 4 aromatic rings. The van der Waals surface area contributed by atoms with Gasteiger partial charge in [0, 0.05) is 17.9 Å². The molecule has 1 saturated heterocycles. The van der Waals surface area contributed by atoms with Crippen LogP contribution in [0.1, 0.15) is 33.5 Å². The molecule has 5 rings (SSSR count). The van der Waals surface area contributed by atoms with Gasteiger partial charge in [0.05, 0.1) is 12.5 Å². The van der Waals surface area contributed by atoms with Crippen LogP contribution in [0.5, 0.6) is 11.5 Å². The van der Waals surface area contributed by atoms with Crippen LogP contribution in [0.4, 0.5) is 0 Å². The standard InChI is InChI=1S/C30H30N2O5S/c1-19-7-4-5-10-25(19)28-31-26(20(2)37-28)17-36-24-9-6-8-21(15-24)16-32-27(30(33)34)18-38-29(32)22-11-13-23(35-3)14-12-22/h4-15,27,29H,16-18H2,1-3H3,(H,33,34)/t27?,29-/m1/s1. The molecule has 1 N–H and O–H groups in total. The normalized spacial score (nSPS) is 17.4. The number of carbonyl (C=O) groups is 1. The maximum absolute atomic E-state index is 12.0. The van der Waals surface area contributed by atoms with Gasteiger partial charge in [0.1, 0.15) is 35.6 Å². The molecular formula is C30H30N2O5S. The Morgan fingerprint density at radius 3 is 2.61 bits per heavy atom. The molecule has 8 heteroatoms. The van der Waals surface area contributed by atoms with Crippen LogP contribution in [-0.2, 0) is 17.9 Å². The van der Waals surface area contributed by atoms with E-state index in [2.05, 4.69) is 4.98 Å². The van der Waals surface area contributed by atoms with Crippen molar-refractivity contribution in [2.24, 2.45) is 0 Å². The van der Waals surface area contributed by atoms with Gasteiger partial charge in [-0.3, -0.25) is 9.69 Å². The van der Waals surface area contributed by atoms with Crippen LogP contribution in [0.2, 0.25) is 0 Å². The van der Waals surface area contributed by atoms with E-state index in [0.717, 1.165) is 39.5 Å². The van der Waals surface area contributed by atoms with Crippen molar-refractivity contribution in [3.05, 3.63) is 101 Å². The Bertz CT molecular complexity index is 1420. The van der Waals surface area contributed by atoms with Crippen LogP contribution in [0.15, 0.2) is 77.2 Å². The molecule has 1 unspecified atom stereocenters. The number of aliphatic carboxylic acids is 1. The minimum atomic E-state index is -0.813. The lowest BCUT2D eigenvalue weighted by Gasteiger charge is -2.27. The van der Waals surface area contributed by atoms with Crippen molar-refractivity contribution >= 4 is 17.7 Å². The zero-order valence-electron chi connectivity index (χ0n) is 21.6. The lowest BCUT2D eigenvalue weighted by Crippen LogP contribution is -2.38. The van der Waals surface area contributed by atoms with Crippen molar-refractivity contribution in [3.63, 3.8) is 0 Å². The van der Waals surface area contributed by atoms with Gasteiger partial charge in [0.25, 0.3) is 0 Å². The Labute approximate surface area is 226 Å². The third kappa shape index (κ3) is 5.56. The van der Waals surface area contributed by atoms with Crippen LogP contribution < -0.4 is 9.47 Å². The molecule has 3 aromatic carbocycles. The number of oxazole rings is 1. The Morgan fingerprint density at radius 1 is 1.08 bits per heavy atom. The molecule has 196 valence electrons. The van der Waals surface area contributed by atoms with E-state index in [1.807, 2.05) is 91.5 Å². The number of methoxy groups -OCH3 is 1. The smallest absolute Gasteiger partial charge is 0.321 e. The molecule has 0 saturated carbocycles. The molecule has 0 spiro atoms. The minimum Gasteiger partial charge on any atom is -0.497 e. The highest BCUT2D eigenvalue weighted by Gasteiger charge is 2.39. The maximum atomic E-state index is 12.0. The van der Waals surface area contributed by atoms with E-state index in [0.29, 0.717) is 23.9 Å². The quantitative estimate of drug-likeness (QED) is 0.272. The molecule has 38 heavy (non-hydrogen) atoms. The maximum Gasteiger partial charge on any atom is 0.321 e. The summed E-state index contributed by atoms with van der Waals surface area (Å²) in [5.74, 6) is 2.49. The van der Waals surface area contributed by atoms with Crippen molar-refractivity contribution in [3.8, 4) is 23.0 Å². The van der Waals surface area contributed by atoms with Gasteiger partial charge in [0.2, 0.25) is 5.89 Å². The Kier molecular flexibility index (Phi) is 7.72. The number of hydrogen-bond acceptors (Lipinski definition) is 7. The fourth-order valence-electron chi connectivity index (χ4n) is 4.59. The number of carboxylic acid groups (broad SMARTS) is 1. The molecule has 1 aliphatic heterocycles. The molecular weight excluding hydrogens is 500 g/mol. The van der Waals surface area contributed by atoms with Crippen molar-refractivity contribution in [2.75, 3.05) is 12.9 Å². The molecule has 0 radical (unpaired) electrons. The summed E-state index contributed by atoms with van der Waals surface area (Å²) in [6, 6.07) is 23.0. The van der Waals surface area contributed by atoms with E-state index in [1.165, 1.54) is 0 Å². The second kappa shape index (κ2) is 11.3. The summed E-state index contributed by atoms with van der Waals surface area (Å²) in [5, 5.41) is 9.82. The van der Waals surface area contributed by atoms with Gasteiger partial charge in [-0.15, -0.1) is 11.8 Å². The molecule has 1 aromatic heterocycles. The third-order valence-electron chi connectivity index (χ3n) is 6.71. The first kappa shape index (κ1) is 25.9. The van der Waals surface area contributed by atoms with Gasteiger partial charge in [-0.05, 0) is 60.9 Å². The zero-order chi connectivity index (χ0) is 26.6. The van der Waals surface area contributed by atoms with Gasteiger partial charge in [0.15, 0.2) is 0 Å². The molecule has 0 amide bonds. The van der Waals surface area contributed by atoms with Crippen molar-refractivity contribution in [1.82, 2.24) is 9.88 Å². The lowest BCUT2D eigenvalue weighted by molar-refractivity contribution is -0.142. The van der Waals surface area contributed by atoms with Gasteiger partial charge in [-0.2, -0.15) is 0 Å². The first-order valence-electron chi connectivity index (χ1n) is 12.4. The van der Waals surface area contributed by atoms with E-state index in [9.17, 15) is 9.90 Å². The number of aryl methyl sites for hydroxylation is 2. The van der Waals surface area contributed by atoms with Gasteiger partial charge in [-0.1, -0.05) is 42.5 Å².